The lowest BCUT2D eigenvalue weighted by Gasteiger charge is -2.32. The average Bonchev–Trinajstić information content (AvgIpc) is 2.03. The number of carbonyl (C=O) groups is 1. The van der Waals surface area contributed by atoms with Crippen molar-refractivity contribution in [2.45, 2.75) is 12.8 Å². The van der Waals surface area contributed by atoms with Crippen molar-refractivity contribution in [1.29, 1.82) is 0 Å². The standard InChI is InChI=1S/C8H13NO3/c10-8(7-5-11-6-7)9-3-1-2-4-12-9/h7H,1-6H2. The first-order valence-electron chi connectivity index (χ1n) is 4.40. The quantitative estimate of drug-likeness (QED) is 0.565. The first-order chi connectivity index (χ1) is 5.88. The molecule has 2 saturated heterocycles. The lowest BCUT2D eigenvalue weighted by atomic mass is 10.1. The van der Waals surface area contributed by atoms with E-state index in [4.69, 9.17) is 9.57 Å². The summed E-state index contributed by atoms with van der Waals surface area (Å²) in [5, 5.41) is 1.50. The molecule has 4 heteroatoms. The van der Waals surface area contributed by atoms with E-state index in [9.17, 15) is 4.79 Å². The number of hydrogen-bond acceptors (Lipinski definition) is 3. The lowest BCUT2D eigenvalue weighted by molar-refractivity contribution is -0.211. The van der Waals surface area contributed by atoms with Crippen LogP contribution in [0.2, 0.25) is 0 Å². The first-order valence-corrected chi connectivity index (χ1v) is 4.40. The summed E-state index contributed by atoms with van der Waals surface area (Å²) in [5.74, 6) is 0.157. The summed E-state index contributed by atoms with van der Waals surface area (Å²) < 4.78 is 4.94. The van der Waals surface area contributed by atoms with Crippen molar-refractivity contribution in [3.63, 3.8) is 0 Å². The second-order valence-electron chi connectivity index (χ2n) is 3.22. The number of hydrogen-bond donors (Lipinski definition) is 0. The Kier molecular flexibility index (Phi) is 2.28. The van der Waals surface area contributed by atoms with Crippen LogP contribution < -0.4 is 0 Å². The minimum absolute atomic E-state index is 0.0584. The zero-order chi connectivity index (χ0) is 8.39. The third-order valence-electron chi connectivity index (χ3n) is 2.24. The molecule has 0 bridgehead atoms. The van der Waals surface area contributed by atoms with Gasteiger partial charge in [0.1, 0.15) is 0 Å². The van der Waals surface area contributed by atoms with Gasteiger partial charge >= 0.3 is 0 Å². The highest BCUT2D eigenvalue weighted by atomic mass is 16.7. The Balaban J connectivity index is 1.84. The number of ether oxygens (including phenoxy) is 1. The van der Waals surface area contributed by atoms with Crippen LogP contribution in [0.25, 0.3) is 0 Å². The van der Waals surface area contributed by atoms with E-state index < -0.39 is 0 Å². The fourth-order valence-corrected chi connectivity index (χ4v) is 1.35. The zero-order valence-corrected chi connectivity index (χ0v) is 6.99. The third-order valence-corrected chi connectivity index (χ3v) is 2.24. The third kappa shape index (κ3) is 1.44. The van der Waals surface area contributed by atoms with Gasteiger partial charge in [0.15, 0.2) is 0 Å². The molecule has 1 amide bonds. The summed E-state index contributed by atoms with van der Waals surface area (Å²) in [6.45, 7) is 2.56. The normalized spacial score (nSPS) is 25.2. The van der Waals surface area contributed by atoms with Gasteiger partial charge in [0, 0.05) is 6.54 Å². The highest BCUT2D eigenvalue weighted by molar-refractivity contribution is 5.78. The smallest absolute Gasteiger partial charge is 0.253 e. The molecule has 0 N–H and O–H groups in total. The van der Waals surface area contributed by atoms with Crippen molar-refractivity contribution in [2.75, 3.05) is 26.4 Å². The average molecular weight is 171 g/mol. The second kappa shape index (κ2) is 3.41. The molecule has 0 unspecified atom stereocenters. The summed E-state index contributed by atoms with van der Waals surface area (Å²) in [6.07, 6.45) is 2.12. The van der Waals surface area contributed by atoms with E-state index in [2.05, 4.69) is 0 Å². The second-order valence-corrected chi connectivity index (χ2v) is 3.22. The van der Waals surface area contributed by atoms with Gasteiger partial charge in [0.25, 0.3) is 5.91 Å². The van der Waals surface area contributed by atoms with Crippen molar-refractivity contribution in [1.82, 2.24) is 5.06 Å². The van der Waals surface area contributed by atoms with Crippen LogP contribution in [0.4, 0.5) is 0 Å². The molecule has 0 saturated carbocycles. The fraction of sp³-hybridized carbons (Fsp3) is 0.875. The van der Waals surface area contributed by atoms with Gasteiger partial charge in [0.05, 0.1) is 25.7 Å². The maximum atomic E-state index is 11.5. The number of amides is 1. The number of hydroxylamine groups is 2. The van der Waals surface area contributed by atoms with Gasteiger partial charge in [-0.2, -0.15) is 0 Å². The topological polar surface area (TPSA) is 38.8 Å². The molecule has 0 atom stereocenters. The summed E-state index contributed by atoms with van der Waals surface area (Å²) in [4.78, 5) is 16.7. The van der Waals surface area contributed by atoms with Gasteiger partial charge in [-0.15, -0.1) is 0 Å². The summed E-state index contributed by atoms with van der Waals surface area (Å²) in [6, 6.07) is 0. The monoisotopic (exact) mass is 171 g/mol. The molecule has 2 aliphatic heterocycles. The Morgan fingerprint density at radius 2 is 2.17 bits per heavy atom. The Morgan fingerprint density at radius 1 is 1.33 bits per heavy atom. The molecular formula is C8H13NO3. The highest BCUT2D eigenvalue weighted by Gasteiger charge is 2.31. The van der Waals surface area contributed by atoms with Crippen LogP contribution in [0.3, 0.4) is 0 Å². The van der Waals surface area contributed by atoms with Crippen molar-refractivity contribution in [2.24, 2.45) is 5.92 Å². The molecule has 68 valence electrons. The molecular weight excluding hydrogens is 158 g/mol. The van der Waals surface area contributed by atoms with Gasteiger partial charge in [-0.05, 0) is 12.8 Å². The van der Waals surface area contributed by atoms with Crippen molar-refractivity contribution < 1.29 is 14.4 Å². The molecule has 12 heavy (non-hydrogen) atoms. The van der Waals surface area contributed by atoms with Gasteiger partial charge < -0.3 is 4.74 Å². The van der Waals surface area contributed by atoms with Crippen molar-refractivity contribution >= 4 is 5.91 Å². The molecule has 0 radical (unpaired) electrons. The van der Waals surface area contributed by atoms with E-state index in [1.165, 1.54) is 5.06 Å². The van der Waals surface area contributed by atoms with E-state index in [0.717, 1.165) is 19.4 Å². The molecule has 0 aromatic heterocycles. The molecule has 0 aromatic carbocycles. The molecule has 0 spiro atoms. The van der Waals surface area contributed by atoms with Crippen LogP contribution in [-0.4, -0.2) is 37.3 Å². The molecule has 2 heterocycles. The SMILES string of the molecule is O=C(C1COC1)N1CCCCO1. The van der Waals surface area contributed by atoms with Gasteiger partial charge in [-0.3, -0.25) is 9.63 Å². The first kappa shape index (κ1) is 8.01. The van der Waals surface area contributed by atoms with Crippen LogP contribution in [0.5, 0.6) is 0 Å². The summed E-state index contributed by atoms with van der Waals surface area (Å²) >= 11 is 0. The molecule has 4 nitrogen and oxygen atoms in total. The maximum Gasteiger partial charge on any atom is 0.253 e. The van der Waals surface area contributed by atoms with E-state index in [1.807, 2.05) is 0 Å². The largest absolute Gasteiger partial charge is 0.380 e. The Morgan fingerprint density at radius 3 is 2.67 bits per heavy atom. The molecule has 2 aliphatic rings. The zero-order valence-electron chi connectivity index (χ0n) is 6.99. The summed E-state index contributed by atoms with van der Waals surface area (Å²) in [7, 11) is 0. The Labute approximate surface area is 71.4 Å². The lowest BCUT2D eigenvalue weighted by Crippen LogP contribution is -2.46. The maximum absolute atomic E-state index is 11.5. The van der Waals surface area contributed by atoms with E-state index in [1.54, 1.807) is 0 Å². The van der Waals surface area contributed by atoms with E-state index in [0.29, 0.717) is 19.8 Å². The van der Waals surface area contributed by atoms with E-state index in [-0.39, 0.29) is 11.8 Å². The minimum atomic E-state index is 0.0584. The van der Waals surface area contributed by atoms with Crippen LogP contribution >= 0.6 is 0 Å². The van der Waals surface area contributed by atoms with E-state index >= 15 is 0 Å². The Hall–Kier alpha value is -0.610. The predicted octanol–water partition coefficient (Wildman–Crippen LogP) is 0.187. The molecule has 2 rings (SSSR count). The van der Waals surface area contributed by atoms with Crippen LogP contribution in [0.15, 0.2) is 0 Å². The fourth-order valence-electron chi connectivity index (χ4n) is 1.35. The number of carbonyl (C=O) groups excluding carboxylic acids is 1. The van der Waals surface area contributed by atoms with Crippen molar-refractivity contribution in [3.8, 4) is 0 Å². The van der Waals surface area contributed by atoms with Gasteiger partial charge in [-0.25, -0.2) is 5.06 Å². The Bertz CT molecular complexity index is 173. The summed E-state index contributed by atoms with van der Waals surface area (Å²) in [5.41, 5.74) is 0. The number of rotatable bonds is 1. The number of nitrogens with zero attached hydrogens (tertiary/aromatic N) is 1. The molecule has 0 aliphatic carbocycles. The minimum Gasteiger partial charge on any atom is -0.380 e. The van der Waals surface area contributed by atoms with Crippen LogP contribution in [-0.2, 0) is 14.4 Å². The predicted molar refractivity (Wildman–Crippen MR) is 41.2 cm³/mol. The van der Waals surface area contributed by atoms with Gasteiger partial charge in [-0.1, -0.05) is 0 Å². The molecule has 0 aromatic rings. The van der Waals surface area contributed by atoms with Crippen LogP contribution in [0, 0.1) is 5.92 Å². The highest BCUT2D eigenvalue weighted by Crippen LogP contribution is 2.16. The molecule has 2 fully saturated rings. The van der Waals surface area contributed by atoms with Crippen LogP contribution in [0.1, 0.15) is 12.8 Å². The van der Waals surface area contributed by atoms with Gasteiger partial charge in [0.2, 0.25) is 0 Å². The van der Waals surface area contributed by atoms with Crippen molar-refractivity contribution in [3.05, 3.63) is 0 Å².